The van der Waals surface area contributed by atoms with Gasteiger partial charge in [0.2, 0.25) is 10.0 Å². The maximum Gasteiger partial charge on any atom is 0.242 e. The summed E-state index contributed by atoms with van der Waals surface area (Å²) in [5.74, 6) is 0.312. The van der Waals surface area contributed by atoms with Crippen molar-refractivity contribution in [2.45, 2.75) is 18.7 Å². The van der Waals surface area contributed by atoms with E-state index in [0.29, 0.717) is 17.4 Å². The van der Waals surface area contributed by atoms with E-state index >= 15 is 0 Å². The molecule has 1 rings (SSSR count). The molecule has 0 fully saturated rings. The lowest BCUT2D eigenvalue weighted by Gasteiger charge is -2.19. The van der Waals surface area contributed by atoms with Crippen LogP contribution < -0.4 is 0 Å². The third kappa shape index (κ3) is 3.30. The van der Waals surface area contributed by atoms with Crippen LogP contribution in [0.25, 0.3) is 0 Å². The number of benzene rings is 1. The van der Waals surface area contributed by atoms with Crippen LogP contribution >= 0.6 is 15.9 Å². The summed E-state index contributed by atoms with van der Waals surface area (Å²) in [5, 5.41) is 0. The zero-order valence-electron chi connectivity index (χ0n) is 9.64. The van der Waals surface area contributed by atoms with Crippen LogP contribution in [0.1, 0.15) is 13.8 Å². The molecule has 16 heavy (non-hydrogen) atoms. The molecule has 1 aromatic carbocycles. The lowest BCUT2D eigenvalue weighted by atomic mass is 10.2. The highest BCUT2D eigenvalue weighted by molar-refractivity contribution is 9.10. The molecule has 0 aliphatic carbocycles. The van der Waals surface area contributed by atoms with Crippen molar-refractivity contribution < 1.29 is 8.42 Å². The highest BCUT2D eigenvalue weighted by atomic mass is 79.9. The van der Waals surface area contributed by atoms with Gasteiger partial charge in [-0.1, -0.05) is 35.8 Å². The Balaban J connectivity index is 3.02. The molecule has 1 aromatic rings. The Labute approximate surface area is 106 Å². The predicted molar refractivity (Wildman–Crippen MR) is 68.8 cm³/mol. The van der Waals surface area contributed by atoms with Crippen LogP contribution in [0.3, 0.4) is 0 Å². The monoisotopic (exact) mass is 305 g/mol. The van der Waals surface area contributed by atoms with Gasteiger partial charge in [-0.05, 0) is 24.1 Å². The summed E-state index contributed by atoms with van der Waals surface area (Å²) in [4.78, 5) is 0.324. The van der Waals surface area contributed by atoms with Crippen molar-refractivity contribution in [1.82, 2.24) is 4.31 Å². The van der Waals surface area contributed by atoms with E-state index in [1.165, 1.54) is 4.31 Å². The Morgan fingerprint density at radius 2 is 2.00 bits per heavy atom. The van der Waals surface area contributed by atoms with Crippen LogP contribution in [0.15, 0.2) is 33.6 Å². The SMILES string of the molecule is CC(C)CN(C)S(=O)(=O)c1cccc(Br)c1. The normalized spacial score (nSPS) is 12.4. The second kappa shape index (κ2) is 5.29. The first-order valence-corrected chi connectivity index (χ1v) is 7.29. The van der Waals surface area contributed by atoms with Crippen molar-refractivity contribution in [3.63, 3.8) is 0 Å². The molecule has 0 unspecified atom stereocenters. The Hall–Kier alpha value is -0.390. The number of nitrogens with zero attached hydrogens (tertiary/aromatic N) is 1. The van der Waals surface area contributed by atoms with Crippen LogP contribution in [0.2, 0.25) is 0 Å². The highest BCUT2D eigenvalue weighted by Gasteiger charge is 2.21. The molecule has 0 radical (unpaired) electrons. The molecule has 0 spiro atoms. The lowest BCUT2D eigenvalue weighted by molar-refractivity contribution is 0.417. The summed E-state index contributed by atoms with van der Waals surface area (Å²) in [6, 6.07) is 6.75. The molecular formula is C11H16BrNO2S. The van der Waals surface area contributed by atoms with Gasteiger partial charge < -0.3 is 0 Å². The largest absolute Gasteiger partial charge is 0.242 e. The molecule has 0 saturated heterocycles. The van der Waals surface area contributed by atoms with E-state index in [1.807, 2.05) is 19.9 Å². The summed E-state index contributed by atoms with van der Waals surface area (Å²) in [7, 11) is -1.75. The Morgan fingerprint density at radius 3 is 2.50 bits per heavy atom. The van der Waals surface area contributed by atoms with Crippen molar-refractivity contribution in [3.8, 4) is 0 Å². The standard InChI is InChI=1S/C11H16BrNO2S/c1-9(2)8-13(3)16(14,15)11-6-4-5-10(12)7-11/h4-7,9H,8H2,1-3H3. The average Bonchev–Trinajstić information content (AvgIpc) is 2.16. The Morgan fingerprint density at radius 1 is 1.38 bits per heavy atom. The molecule has 0 heterocycles. The molecule has 0 aliphatic rings. The summed E-state index contributed by atoms with van der Waals surface area (Å²) in [6.45, 7) is 4.51. The van der Waals surface area contributed by atoms with Gasteiger partial charge in [0.15, 0.2) is 0 Å². The molecule has 0 N–H and O–H groups in total. The first kappa shape index (κ1) is 13.7. The smallest absolute Gasteiger partial charge is 0.207 e. The van der Waals surface area contributed by atoms with E-state index in [0.717, 1.165) is 4.47 Å². The number of hydrogen-bond acceptors (Lipinski definition) is 2. The topological polar surface area (TPSA) is 37.4 Å². The van der Waals surface area contributed by atoms with Crippen molar-refractivity contribution in [3.05, 3.63) is 28.7 Å². The van der Waals surface area contributed by atoms with Gasteiger partial charge in [0.05, 0.1) is 4.90 Å². The van der Waals surface area contributed by atoms with Gasteiger partial charge in [-0.2, -0.15) is 0 Å². The predicted octanol–water partition coefficient (Wildman–Crippen LogP) is 2.73. The fourth-order valence-electron chi connectivity index (χ4n) is 1.42. The van der Waals surface area contributed by atoms with Gasteiger partial charge in [0.25, 0.3) is 0 Å². The van der Waals surface area contributed by atoms with Crippen molar-refractivity contribution >= 4 is 26.0 Å². The molecule has 5 heteroatoms. The minimum absolute atomic E-state index is 0.312. The molecule has 0 amide bonds. The lowest BCUT2D eigenvalue weighted by Crippen LogP contribution is -2.30. The Bertz CT molecular complexity index is 457. The number of hydrogen-bond donors (Lipinski definition) is 0. The van der Waals surface area contributed by atoms with E-state index in [2.05, 4.69) is 15.9 Å². The second-order valence-corrected chi connectivity index (χ2v) is 7.10. The van der Waals surface area contributed by atoms with Gasteiger partial charge >= 0.3 is 0 Å². The molecule has 3 nitrogen and oxygen atoms in total. The maximum absolute atomic E-state index is 12.1. The van der Waals surface area contributed by atoms with Gasteiger partial charge in [-0.25, -0.2) is 12.7 Å². The van der Waals surface area contributed by atoms with Crippen molar-refractivity contribution in [2.24, 2.45) is 5.92 Å². The van der Waals surface area contributed by atoms with Crippen LogP contribution in [0.5, 0.6) is 0 Å². The van der Waals surface area contributed by atoms with Gasteiger partial charge in [0.1, 0.15) is 0 Å². The van der Waals surface area contributed by atoms with Gasteiger partial charge in [0, 0.05) is 18.1 Å². The van der Waals surface area contributed by atoms with Crippen LogP contribution in [-0.4, -0.2) is 26.3 Å². The average molecular weight is 306 g/mol. The summed E-state index contributed by atoms with van der Waals surface area (Å²) < 4.78 is 26.4. The molecular weight excluding hydrogens is 290 g/mol. The van der Waals surface area contributed by atoms with E-state index < -0.39 is 10.0 Å². The molecule has 0 saturated carbocycles. The number of halogens is 1. The maximum atomic E-state index is 12.1. The van der Waals surface area contributed by atoms with Crippen LogP contribution in [0.4, 0.5) is 0 Å². The van der Waals surface area contributed by atoms with Crippen molar-refractivity contribution in [2.75, 3.05) is 13.6 Å². The first-order chi connectivity index (χ1) is 7.34. The molecule has 90 valence electrons. The summed E-state index contributed by atoms with van der Waals surface area (Å²) >= 11 is 3.27. The fraction of sp³-hybridized carbons (Fsp3) is 0.455. The van der Waals surface area contributed by atoms with E-state index in [4.69, 9.17) is 0 Å². The van der Waals surface area contributed by atoms with Crippen LogP contribution in [0, 0.1) is 5.92 Å². The van der Waals surface area contributed by atoms with Crippen molar-refractivity contribution in [1.29, 1.82) is 0 Å². The molecule has 0 atom stereocenters. The number of rotatable bonds is 4. The number of sulfonamides is 1. The quantitative estimate of drug-likeness (QED) is 0.858. The van der Waals surface area contributed by atoms with E-state index in [9.17, 15) is 8.42 Å². The summed E-state index contributed by atoms with van der Waals surface area (Å²) in [6.07, 6.45) is 0. The minimum atomic E-state index is -3.35. The van der Waals surface area contributed by atoms with E-state index in [-0.39, 0.29) is 0 Å². The second-order valence-electron chi connectivity index (χ2n) is 4.14. The zero-order chi connectivity index (χ0) is 12.3. The Kier molecular flexibility index (Phi) is 4.52. The first-order valence-electron chi connectivity index (χ1n) is 5.06. The third-order valence-corrected chi connectivity index (χ3v) is 4.44. The van der Waals surface area contributed by atoms with Gasteiger partial charge in [-0.3, -0.25) is 0 Å². The third-order valence-electron chi connectivity index (χ3n) is 2.13. The minimum Gasteiger partial charge on any atom is -0.207 e. The van der Waals surface area contributed by atoms with E-state index in [1.54, 1.807) is 25.2 Å². The molecule has 0 aromatic heterocycles. The fourth-order valence-corrected chi connectivity index (χ4v) is 3.35. The molecule has 0 aliphatic heterocycles. The van der Waals surface area contributed by atoms with Gasteiger partial charge in [-0.15, -0.1) is 0 Å². The molecule has 0 bridgehead atoms. The zero-order valence-corrected chi connectivity index (χ0v) is 12.0. The summed E-state index contributed by atoms with van der Waals surface area (Å²) in [5.41, 5.74) is 0. The van der Waals surface area contributed by atoms with Crippen LogP contribution in [-0.2, 0) is 10.0 Å². The highest BCUT2D eigenvalue weighted by Crippen LogP contribution is 2.19.